The fourth-order valence-corrected chi connectivity index (χ4v) is 2.88. The number of nitrogens with one attached hydrogen (secondary N) is 1. The molecule has 0 radical (unpaired) electrons. The highest BCUT2D eigenvalue weighted by Gasteiger charge is 2.17. The Kier molecular flexibility index (Phi) is 6.15. The number of carbonyl (C=O) groups is 1. The Hall–Kier alpha value is -2.14. The van der Waals surface area contributed by atoms with Gasteiger partial charge in [-0.1, -0.05) is 24.3 Å². The maximum absolute atomic E-state index is 12.3. The Morgan fingerprint density at radius 2 is 1.96 bits per heavy atom. The molecule has 1 atom stereocenters. The van der Waals surface area contributed by atoms with Gasteiger partial charge in [-0.3, -0.25) is 9.48 Å². The lowest BCUT2D eigenvalue weighted by Gasteiger charge is -2.15. The molecule has 1 heterocycles. The zero-order valence-electron chi connectivity index (χ0n) is 15.3. The van der Waals surface area contributed by atoms with Gasteiger partial charge in [0, 0.05) is 18.8 Å². The molecule has 5 heteroatoms. The van der Waals surface area contributed by atoms with Gasteiger partial charge in [0.2, 0.25) is 5.91 Å². The molecule has 0 bridgehead atoms. The van der Waals surface area contributed by atoms with Gasteiger partial charge >= 0.3 is 0 Å². The maximum Gasteiger partial charge on any atom is 0.244 e. The molecule has 0 aliphatic heterocycles. The highest BCUT2D eigenvalue weighted by atomic mass is 16.2. The normalized spacial score (nSPS) is 12.4. The van der Waals surface area contributed by atoms with E-state index in [9.17, 15) is 4.79 Å². The van der Waals surface area contributed by atoms with Crippen LogP contribution in [0.1, 0.15) is 35.5 Å². The molecule has 0 spiro atoms. The number of nitrogens with zero attached hydrogens (tertiary/aromatic N) is 3. The molecule has 1 N–H and O–H groups in total. The molecule has 0 aliphatic rings. The summed E-state index contributed by atoms with van der Waals surface area (Å²) in [4.78, 5) is 14.5. The molecule has 0 unspecified atom stereocenters. The maximum atomic E-state index is 12.3. The van der Waals surface area contributed by atoms with E-state index in [1.807, 2.05) is 26.8 Å². The quantitative estimate of drug-likeness (QED) is 0.849. The van der Waals surface area contributed by atoms with Crippen molar-refractivity contribution in [3.8, 4) is 0 Å². The van der Waals surface area contributed by atoms with Gasteiger partial charge in [-0.05, 0) is 58.5 Å². The van der Waals surface area contributed by atoms with E-state index >= 15 is 0 Å². The minimum Gasteiger partial charge on any atom is -0.354 e. The minimum atomic E-state index is -0.293. The molecule has 2 aromatic rings. The summed E-state index contributed by atoms with van der Waals surface area (Å²) in [5.74, 6) is 0.00523. The van der Waals surface area contributed by atoms with Crippen molar-refractivity contribution in [3.63, 3.8) is 0 Å². The average Bonchev–Trinajstić information content (AvgIpc) is 2.84. The van der Waals surface area contributed by atoms with Gasteiger partial charge in [-0.15, -0.1) is 0 Å². The molecule has 0 fully saturated rings. The Labute approximate surface area is 144 Å². The van der Waals surface area contributed by atoms with E-state index in [0.29, 0.717) is 6.54 Å². The molecule has 130 valence electrons. The van der Waals surface area contributed by atoms with Crippen LogP contribution < -0.4 is 5.32 Å². The van der Waals surface area contributed by atoms with Gasteiger partial charge in [0.25, 0.3) is 0 Å². The molecule has 5 nitrogen and oxygen atoms in total. The van der Waals surface area contributed by atoms with E-state index in [4.69, 9.17) is 0 Å². The van der Waals surface area contributed by atoms with E-state index in [1.54, 1.807) is 4.68 Å². The third-order valence-electron chi connectivity index (χ3n) is 3.99. The minimum absolute atomic E-state index is 0.00523. The summed E-state index contributed by atoms with van der Waals surface area (Å²) in [6.45, 7) is 7.35. The number of benzene rings is 1. The van der Waals surface area contributed by atoms with Crippen molar-refractivity contribution in [2.45, 2.75) is 39.8 Å². The molecule has 1 aromatic heterocycles. The third kappa shape index (κ3) is 4.93. The summed E-state index contributed by atoms with van der Waals surface area (Å²) in [5.41, 5.74) is 4.48. The Bertz CT molecular complexity index is 690. The van der Waals surface area contributed by atoms with E-state index in [0.717, 1.165) is 24.4 Å². The second kappa shape index (κ2) is 8.11. The highest BCUT2D eigenvalue weighted by Crippen LogP contribution is 2.11. The monoisotopic (exact) mass is 328 g/mol. The molecule has 0 saturated heterocycles. The van der Waals surface area contributed by atoms with Gasteiger partial charge in [-0.25, -0.2) is 0 Å². The van der Waals surface area contributed by atoms with Crippen LogP contribution in [0.5, 0.6) is 0 Å². The standard InChI is InChI=1S/C19H28N4O/c1-14-11-15(2)23(21-14)16(3)19(24)20-10-9-17-7-6-8-18(12-17)13-22(4)5/h6-8,11-12,16H,9-10,13H2,1-5H3,(H,20,24)/t16-/m1/s1. The van der Waals surface area contributed by atoms with Gasteiger partial charge in [0.1, 0.15) is 6.04 Å². The fraction of sp³-hybridized carbons (Fsp3) is 0.474. The fourth-order valence-electron chi connectivity index (χ4n) is 2.88. The van der Waals surface area contributed by atoms with Crippen LogP contribution in [0.4, 0.5) is 0 Å². The number of rotatable bonds is 7. The van der Waals surface area contributed by atoms with Crippen molar-refractivity contribution < 1.29 is 4.79 Å². The van der Waals surface area contributed by atoms with Crippen LogP contribution in [0.15, 0.2) is 30.3 Å². The molecule has 1 amide bonds. The zero-order valence-corrected chi connectivity index (χ0v) is 15.3. The summed E-state index contributed by atoms with van der Waals surface area (Å²) < 4.78 is 1.78. The van der Waals surface area contributed by atoms with Crippen LogP contribution in [-0.2, 0) is 17.8 Å². The molecule has 2 rings (SSSR count). The predicted octanol–water partition coefficient (Wildman–Crippen LogP) is 2.48. The van der Waals surface area contributed by atoms with Crippen molar-refractivity contribution in [2.24, 2.45) is 0 Å². The van der Waals surface area contributed by atoms with E-state index in [2.05, 4.69) is 53.7 Å². The SMILES string of the molecule is Cc1cc(C)n([C@H](C)C(=O)NCCc2cccc(CN(C)C)c2)n1. The van der Waals surface area contributed by atoms with Gasteiger partial charge in [0.05, 0.1) is 5.69 Å². The van der Waals surface area contributed by atoms with Crippen molar-refractivity contribution in [2.75, 3.05) is 20.6 Å². The first-order valence-corrected chi connectivity index (χ1v) is 8.40. The summed E-state index contributed by atoms with van der Waals surface area (Å²) in [6.07, 6.45) is 0.830. The van der Waals surface area contributed by atoms with Crippen LogP contribution in [-0.4, -0.2) is 41.2 Å². The van der Waals surface area contributed by atoms with Crippen LogP contribution in [0.2, 0.25) is 0 Å². The van der Waals surface area contributed by atoms with E-state index < -0.39 is 0 Å². The third-order valence-corrected chi connectivity index (χ3v) is 3.99. The van der Waals surface area contributed by atoms with E-state index in [1.165, 1.54) is 11.1 Å². The number of hydrogen-bond acceptors (Lipinski definition) is 3. The summed E-state index contributed by atoms with van der Waals surface area (Å²) >= 11 is 0. The summed E-state index contributed by atoms with van der Waals surface area (Å²) in [7, 11) is 4.13. The molecular weight excluding hydrogens is 300 g/mol. The Morgan fingerprint density at radius 1 is 1.25 bits per heavy atom. The molecule has 24 heavy (non-hydrogen) atoms. The van der Waals surface area contributed by atoms with Crippen molar-refractivity contribution in [1.29, 1.82) is 0 Å². The lowest BCUT2D eigenvalue weighted by molar-refractivity contribution is -0.124. The van der Waals surface area contributed by atoms with Crippen LogP contribution in [0.3, 0.4) is 0 Å². The van der Waals surface area contributed by atoms with Crippen molar-refractivity contribution >= 4 is 5.91 Å². The van der Waals surface area contributed by atoms with Crippen LogP contribution in [0.25, 0.3) is 0 Å². The smallest absolute Gasteiger partial charge is 0.244 e. The van der Waals surface area contributed by atoms with E-state index in [-0.39, 0.29) is 11.9 Å². The van der Waals surface area contributed by atoms with Crippen LogP contribution >= 0.6 is 0 Å². The van der Waals surface area contributed by atoms with Crippen LogP contribution in [0, 0.1) is 13.8 Å². The van der Waals surface area contributed by atoms with Gasteiger partial charge in [-0.2, -0.15) is 5.10 Å². The second-order valence-corrected chi connectivity index (χ2v) is 6.65. The first kappa shape index (κ1) is 18.2. The number of amides is 1. The number of aryl methyl sites for hydroxylation is 2. The largest absolute Gasteiger partial charge is 0.354 e. The molecule has 0 saturated carbocycles. The average molecular weight is 328 g/mol. The lowest BCUT2D eigenvalue weighted by atomic mass is 10.1. The van der Waals surface area contributed by atoms with Gasteiger partial charge in [0.15, 0.2) is 0 Å². The number of hydrogen-bond donors (Lipinski definition) is 1. The highest BCUT2D eigenvalue weighted by molar-refractivity contribution is 5.79. The lowest BCUT2D eigenvalue weighted by Crippen LogP contribution is -2.33. The van der Waals surface area contributed by atoms with Gasteiger partial charge < -0.3 is 10.2 Å². The number of aromatic nitrogens is 2. The second-order valence-electron chi connectivity index (χ2n) is 6.65. The number of carbonyl (C=O) groups excluding carboxylic acids is 1. The Balaban J connectivity index is 1.87. The topological polar surface area (TPSA) is 50.2 Å². The zero-order chi connectivity index (χ0) is 17.7. The molecular formula is C19H28N4O. The summed E-state index contributed by atoms with van der Waals surface area (Å²) in [6, 6.07) is 10.2. The van der Waals surface area contributed by atoms with Crippen molar-refractivity contribution in [3.05, 3.63) is 52.8 Å². The molecule has 1 aromatic carbocycles. The first-order chi connectivity index (χ1) is 11.4. The Morgan fingerprint density at radius 3 is 2.58 bits per heavy atom. The molecule has 0 aliphatic carbocycles. The predicted molar refractivity (Wildman–Crippen MR) is 97.0 cm³/mol. The van der Waals surface area contributed by atoms with Crippen molar-refractivity contribution in [1.82, 2.24) is 20.0 Å². The first-order valence-electron chi connectivity index (χ1n) is 8.40. The summed E-state index contributed by atoms with van der Waals surface area (Å²) in [5, 5.41) is 7.40.